The van der Waals surface area contributed by atoms with E-state index in [4.69, 9.17) is 9.47 Å². The number of rotatable bonds is 7. The monoisotopic (exact) mass is 427 g/mol. The van der Waals surface area contributed by atoms with E-state index in [1.54, 1.807) is 0 Å². The summed E-state index contributed by atoms with van der Waals surface area (Å²) < 4.78 is 69.5. The summed E-state index contributed by atoms with van der Waals surface area (Å²) in [7, 11) is 0.415. The normalized spacial score (nSPS) is 11.4. The standard InChI is InChI=1S/C19H19F2NO6S/c1-22(15-11-13(20)6-7-14(15)21)29(24,25)17-10-12(5-8-18(23)27-3)9-16(26-2)19(17)28-4/h5-11H,1-4H3/b8-5+. The minimum Gasteiger partial charge on any atom is -0.493 e. The highest BCUT2D eigenvalue weighted by Crippen LogP contribution is 2.38. The minimum atomic E-state index is -4.40. The van der Waals surface area contributed by atoms with Crippen LogP contribution >= 0.6 is 0 Å². The Hall–Kier alpha value is -3.14. The van der Waals surface area contributed by atoms with Crippen molar-refractivity contribution >= 4 is 27.8 Å². The van der Waals surface area contributed by atoms with Gasteiger partial charge in [-0.2, -0.15) is 0 Å². The molecule has 0 aromatic heterocycles. The van der Waals surface area contributed by atoms with Crippen molar-refractivity contribution in [2.45, 2.75) is 4.90 Å². The second-order valence-corrected chi connectivity index (χ2v) is 7.62. The van der Waals surface area contributed by atoms with Crippen LogP contribution in [0.2, 0.25) is 0 Å². The molecule has 0 amide bonds. The minimum absolute atomic E-state index is 0.0613. The SMILES string of the molecule is COC(=O)/C=C/c1cc(OC)c(OC)c(S(=O)(=O)N(C)c2cc(F)ccc2F)c1. The second-order valence-electron chi connectivity index (χ2n) is 5.68. The number of carbonyl (C=O) groups is 1. The first-order valence-corrected chi connectivity index (χ1v) is 9.55. The van der Waals surface area contributed by atoms with Crippen LogP contribution in [0.5, 0.6) is 11.5 Å². The summed E-state index contributed by atoms with van der Waals surface area (Å²) in [6, 6.07) is 5.12. The fourth-order valence-corrected chi connectivity index (χ4v) is 3.87. The van der Waals surface area contributed by atoms with E-state index in [1.165, 1.54) is 39.5 Å². The zero-order valence-corrected chi connectivity index (χ0v) is 16.9. The first kappa shape index (κ1) is 22.2. The summed E-state index contributed by atoms with van der Waals surface area (Å²) in [6.45, 7) is 0. The van der Waals surface area contributed by atoms with Crippen molar-refractivity contribution in [2.24, 2.45) is 0 Å². The number of methoxy groups -OCH3 is 3. The van der Waals surface area contributed by atoms with Gasteiger partial charge in [0.25, 0.3) is 10.0 Å². The summed E-state index contributed by atoms with van der Waals surface area (Å²) in [4.78, 5) is 11.0. The van der Waals surface area contributed by atoms with Crippen LogP contribution in [-0.2, 0) is 19.6 Å². The maximum atomic E-state index is 14.1. The number of esters is 1. The lowest BCUT2D eigenvalue weighted by Crippen LogP contribution is -2.28. The van der Waals surface area contributed by atoms with Crippen molar-refractivity contribution < 1.29 is 36.2 Å². The molecule has 29 heavy (non-hydrogen) atoms. The summed E-state index contributed by atoms with van der Waals surface area (Å²) in [5.41, 5.74) is -0.207. The van der Waals surface area contributed by atoms with Crippen molar-refractivity contribution in [1.82, 2.24) is 0 Å². The van der Waals surface area contributed by atoms with Gasteiger partial charge in [-0.3, -0.25) is 4.31 Å². The maximum absolute atomic E-state index is 14.1. The molecule has 7 nitrogen and oxygen atoms in total. The van der Waals surface area contributed by atoms with Gasteiger partial charge in [-0.05, 0) is 35.9 Å². The molecule has 0 radical (unpaired) electrons. The second kappa shape index (κ2) is 8.91. The molecule has 0 atom stereocenters. The molecule has 2 aromatic rings. The van der Waals surface area contributed by atoms with Gasteiger partial charge in [-0.25, -0.2) is 22.0 Å². The lowest BCUT2D eigenvalue weighted by atomic mass is 10.2. The molecular weight excluding hydrogens is 408 g/mol. The number of ether oxygens (including phenoxy) is 3. The van der Waals surface area contributed by atoms with Crippen LogP contribution in [0.25, 0.3) is 6.08 Å². The Morgan fingerprint density at radius 2 is 1.76 bits per heavy atom. The molecular formula is C19H19F2NO6S. The summed E-state index contributed by atoms with van der Waals surface area (Å²) in [5.74, 6) is -2.45. The van der Waals surface area contributed by atoms with Crippen molar-refractivity contribution in [1.29, 1.82) is 0 Å². The smallest absolute Gasteiger partial charge is 0.330 e. The lowest BCUT2D eigenvalue weighted by molar-refractivity contribution is -0.134. The summed E-state index contributed by atoms with van der Waals surface area (Å²) >= 11 is 0. The number of nitrogens with zero attached hydrogens (tertiary/aromatic N) is 1. The van der Waals surface area contributed by atoms with Crippen LogP contribution in [0.1, 0.15) is 5.56 Å². The number of benzene rings is 2. The zero-order chi connectivity index (χ0) is 21.8. The molecule has 10 heteroatoms. The molecule has 0 fully saturated rings. The fraction of sp³-hybridized carbons (Fsp3) is 0.211. The summed E-state index contributed by atoms with van der Waals surface area (Å²) in [6.07, 6.45) is 2.41. The van der Waals surface area contributed by atoms with Gasteiger partial charge in [0.2, 0.25) is 0 Å². The first-order valence-electron chi connectivity index (χ1n) is 8.11. The van der Waals surface area contributed by atoms with Gasteiger partial charge in [0.05, 0.1) is 27.0 Å². The van der Waals surface area contributed by atoms with Crippen LogP contribution in [0.4, 0.5) is 14.5 Å². The van der Waals surface area contributed by atoms with Gasteiger partial charge < -0.3 is 14.2 Å². The van der Waals surface area contributed by atoms with Gasteiger partial charge in [0.1, 0.15) is 16.5 Å². The van der Waals surface area contributed by atoms with Crippen LogP contribution < -0.4 is 13.8 Å². The average molecular weight is 427 g/mol. The van der Waals surface area contributed by atoms with E-state index in [-0.39, 0.29) is 22.0 Å². The van der Waals surface area contributed by atoms with E-state index >= 15 is 0 Å². The molecule has 0 aliphatic carbocycles. The number of hydrogen-bond acceptors (Lipinski definition) is 6. The molecule has 0 unspecified atom stereocenters. The third-order valence-corrected chi connectivity index (χ3v) is 5.74. The Morgan fingerprint density at radius 3 is 2.34 bits per heavy atom. The molecule has 2 aromatic carbocycles. The Labute approximate surface area is 167 Å². The van der Waals surface area contributed by atoms with Gasteiger partial charge in [0, 0.05) is 19.2 Å². The van der Waals surface area contributed by atoms with Gasteiger partial charge >= 0.3 is 5.97 Å². The van der Waals surface area contributed by atoms with Crippen molar-refractivity contribution in [3.05, 3.63) is 53.6 Å². The Bertz CT molecular complexity index is 1050. The van der Waals surface area contributed by atoms with Crippen molar-refractivity contribution in [3.63, 3.8) is 0 Å². The predicted octanol–water partition coefficient (Wildman–Crippen LogP) is 2.99. The highest BCUT2D eigenvalue weighted by atomic mass is 32.2. The molecule has 0 bridgehead atoms. The highest BCUT2D eigenvalue weighted by Gasteiger charge is 2.30. The highest BCUT2D eigenvalue weighted by molar-refractivity contribution is 7.93. The number of sulfonamides is 1. The largest absolute Gasteiger partial charge is 0.493 e. The van der Waals surface area contributed by atoms with Crippen LogP contribution in [0.3, 0.4) is 0 Å². The van der Waals surface area contributed by atoms with E-state index in [9.17, 15) is 22.0 Å². The van der Waals surface area contributed by atoms with Crippen molar-refractivity contribution in [3.8, 4) is 11.5 Å². The third-order valence-electron chi connectivity index (χ3n) is 3.97. The van der Waals surface area contributed by atoms with Crippen LogP contribution in [-0.4, -0.2) is 42.8 Å². The molecule has 156 valence electrons. The molecule has 0 saturated heterocycles. The number of hydrogen-bond donors (Lipinski definition) is 0. The van der Waals surface area contributed by atoms with Crippen LogP contribution in [0.15, 0.2) is 41.3 Å². The molecule has 0 aliphatic heterocycles. The van der Waals surface area contributed by atoms with Gasteiger partial charge in [-0.15, -0.1) is 0 Å². The lowest BCUT2D eigenvalue weighted by Gasteiger charge is -2.22. The van der Waals surface area contributed by atoms with Gasteiger partial charge in [0.15, 0.2) is 11.5 Å². The Balaban J connectivity index is 2.67. The number of anilines is 1. The van der Waals surface area contributed by atoms with E-state index in [0.717, 1.165) is 31.3 Å². The van der Waals surface area contributed by atoms with Crippen LogP contribution in [0, 0.1) is 11.6 Å². The third kappa shape index (κ3) is 4.65. The molecule has 0 aliphatic rings. The number of halogens is 2. The van der Waals surface area contributed by atoms with Crippen molar-refractivity contribution in [2.75, 3.05) is 32.7 Å². The molecule has 0 N–H and O–H groups in total. The maximum Gasteiger partial charge on any atom is 0.330 e. The van der Waals surface area contributed by atoms with E-state index < -0.39 is 33.3 Å². The molecule has 0 saturated carbocycles. The molecule has 2 rings (SSSR count). The number of carbonyl (C=O) groups excluding carboxylic acids is 1. The quantitative estimate of drug-likeness (QED) is 0.499. The zero-order valence-electron chi connectivity index (χ0n) is 16.1. The Kier molecular flexibility index (Phi) is 6.80. The van der Waals surface area contributed by atoms with E-state index in [2.05, 4.69) is 4.74 Å². The van der Waals surface area contributed by atoms with Gasteiger partial charge in [-0.1, -0.05) is 0 Å². The summed E-state index contributed by atoms with van der Waals surface area (Å²) in [5, 5.41) is 0. The Morgan fingerprint density at radius 1 is 1.07 bits per heavy atom. The topological polar surface area (TPSA) is 82.1 Å². The van der Waals surface area contributed by atoms with E-state index in [1.807, 2.05) is 0 Å². The first-order chi connectivity index (χ1) is 13.6. The fourth-order valence-electron chi connectivity index (χ4n) is 2.47. The van der Waals surface area contributed by atoms with E-state index in [0.29, 0.717) is 4.31 Å². The molecule has 0 spiro atoms. The average Bonchev–Trinajstić information content (AvgIpc) is 2.72. The molecule has 0 heterocycles. The predicted molar refractivity (Wildman–Crippen MR) is 103 cm³/mol.